The fraction of sp³-hybridized carbons (Fsp3) is 0.276. The van der Waals surface area contributed by atoms with Crippen molar-refractivity contribution < 1.29 is 23.2 Å². The highest BCUT2D eigenvalue weighted by Crippen LogP contribution is 2.37. The molecule has 1 saturated heterocycles. The van der Waals surface area contributed by atoms with Crippen molar-refractivity contribution in [3.63, 3.8) is 0 Å². The second kappa shape index (κ2) is 11.4. The molecule has 0 radical (unpaired) electrons. The van der Waals surface area contributed by atoms with Gasteiger partial charge in [-0.3, -0.25) is 19.3 Å². The van der Waals surface area contributed by atoms with Crippen molar-refractivity contribution in [3.05, 3.63) is 107 Å². The lowest BCUT2D eigenvalue weighted by molar-refractivity contribution is -0.153. The Kier molecular flexibility index (Phi) is 8.08. The maximum Gasteiger partial charge on any atom is 0.246 e. The van der Waals surface area contributed by atoms with Crippen molar-refractivity contribution in [1.82, 2.24) is 10.2 Å². The average Bonchev–Trinajstić information content (AvgIpc) is 3.04. The minimum atomic E-state index is -1.19. The average molecular weight is 506 g/mol. The van der Waals surface area contributed by atoms with Gasteiger partial charge in [-0.2, -0.15) is 0 Å². The third-order valence-electron chi connectivity index (χ3n) is 6.66. The summed E-state index contributed by atoms with van der Waals surface area (Å²) in [7, 11) is 0. The van der Waals surface area contributed by atoms with E-state index in [0.29, 0.717) is 19.0 Å². The van der Waals surface area contributed by atoms with Crippen LogP contribution in [0.1, 0.15) is 41.9 Å². The van der Waals surface area contributed by atoms with Crippen LogP contribution < -0.4 is 11.1 Å². The topological polar surface area (TPSA) is 92.5 Å². The van der Waals surface area contributed by atoms with Crippen molar-refractivity contribution in [3.8, 4) is 0 Å². The minimum Gasteiger partial charge on any atom is -0.354 e. The van der Waals surface area contributed by atoms with Gasteiger partial charge in [0.1, 0.15) is 17.7 Å². The molecule has 1 fully saturated rings. The monoisotopic (exact) mass is 505 g/mol. The zero-order valence-electron chi connectivity index (χ0n) is 20.4. The van der Waals surface area contributed by atoms with Crippen molar-refractivity contribution >= 4 is 17.7 Å². The van der Waals surface area contributed by atoms with Crippen LogP contribution in [0.3, 0.4) is 0 Å². The van der Waals surface area contributed by atoms with Gasteiger partial charge in [0.2, 0.25) is 17.7 Å². The maximum absolute atomic E-state index is 13.8. The van der Waals surface area contributed by atoms with Crippen molar-refractivity contribution in [2.75, 3.05) is 6.54 Å². The molecule has 3 N–H and O–H groups in total. The van der Waals surface area contributed by atoms with Gasteiger partial charge in [0.05, 0.1) is 12.5 Å². The number of nitrogens with zero attached hydrogens (tertiary/aromatic N) is 1. The first-order valence-corrected chi connectivity index (χ1v) is 12.2. The summed E-state index contributed by atoms with van der Waals surface area (Å²) in [4.78, 5) is 41.4. The molecule has 3 aromatic carbocycles. The molecule has 3 aromatic rings. The molecule has 0 aliphatic carbocycles. The van der Waals surface area contributed by atoms with Crippen LogP contribution >= 0.6 is 0 Å². The summed E-state index contributed by atoms with van der Waals surface area (Å²) in [5.74, 6) is -4.27. The second-order valence-electron chi connectivity index (χ2n) is 9.40. The minimum absolute atomic E-state index is 0.0532. The van der Waals surface area contributed by atoms with E-state index in [-0.39, 0.29) is 11.5 Å². The molecule has 8 heteroatoms. The number of benzene rings is 3. The Morgan fingerprint density at radius 1 is 0.973 bits per heavy atom. The van der Waals surface area contributed by atoms with Crippen LogP contribution in [0, 0.1) is 11.6 Å². The number of hydrogen-bond donors (Lipinski definition) is 2. The zero-order valence-corrected chi connectivity index (χ0v) is 20.4. The number of rotatable bonds is 6. The van der Waals surface area contributed by atoms with E-state index in [1.807, 2.05) is 60.7 Å². The second-order valence-corrected chi connectivity index (χ2v) is 9.40. The lowest BCUT2D eigenvalue weighted by Crippen LogP contribution is -2.57. The molecule has 37 heavy (non-hydrogen) atoms. The Morgan fingerprint density at radius 2 is 1.54 bits per heavy atom. The van der Waals surface area contributed by atoms with E-state index in [2.05, 4.69) is 5.32 Å². The Labute approximate surface area is 214 Å². The first kappa shape index (κ1) is 26.2. The Hall–Kier alpha value is -3.91. The van der Waals surface area contributed by atoms with Crippen molar-refractivity contribution in [1.29, 1.82) is 0 Å². The Balaban J connectivity index is 1.77. The number of imide groups is 1. The van der Waals surface area contributed by atoms with Gasteiger partial charge >= 0.3 is 0 Å². The van der Waals surface area contributed by atoms with Crippen LogP contribution in [0.15, 0.2) is 78.9 Å². The van der Waals surface area contributed by atoms with Gasteiger partial charge in [-0.25, -0.2) is 8.78 Å². The van der Waals surface area contributed by atoms with E-state index in [4.69, 9.17) is 5.73 Å². The Morgan fingerprint density at radius 3 is 2.11 bits per heavy atom. The number of nitrogens with one attached hydrogen (secondary N) is 1. The number of carbonyl (C=O) groups is 3. The molecule has 4 atom stereocenters. The predicted octanol–water partition coefficient (Wildman–Crippen LogP) is 3.67. The van der Waals surface area contributed by atoms with Gasteiger partial charge in [-0.05, 0) is 42.2 Å². The third kappa shape index (κ3) is 6.09. The normalized spacial score (nSPS) is 20.4. The largest absolute Gasteiger partial charge is 0.354 e. The molecule has 0 saturated carbocycles. The summed E-state index contributed by atoms with van der Waals surface area (Å²) in [5.41, 5.74) is 7.78. The van der Waals surface area contributed by atoms with Gasteiger partial charge in [-0.15, -0.1) is 0 Å². The number of halogens is 2. The van der Waals surface area contributed by atoms with Crippen molar-refractivity contribution in [2.24, 2.45) is 5.73 Å². The van der Waals surface area contributed by atoms with Crippen LogP contribution in [0.5, 0.6) is 0 Å². The van der Waals surface area contributed by atoms with Crippen LogP contribution in [0.2, 0.25) is 0 Å². The van der Waals surface area contributed by atoms with Gasteiger partial charge in [-0.1, -0.05) is 60.7 Å². The third-order valence-corrected chi connectivity index (χ3v) is 6.66. The molecule has 0 bridgehead atoms. The molecular weight excluding hydrogens is 476 g/mol. The zero-order chi connectivity index (χ0) is 26.5. The highest BCUT2D eigenvalue weighted by molar-refractivity contribution is 6.03. The summed E-state index contributed by atoms with van der Waals surface area (Å²) >= 11 is 0. The number of amides is 3. The van der Waals surface area contributed by atoms with E-state index < -0.39 is 53.8 Å². The summed E-state index contributed by atoms with van der Waals surface area (Å²) in [5, 5.41) is 2.91. The van der Waals surface area contributed by atoms with E-state index in [9.17, 15) is 23.2 Å². The first-order valence-electron chi connectivity index (χ1n) is 12.2. The molecule has 1 heterocycles. The smallest absolute Gasteiger partial charge is 0.246 e. The van der Waals surface area contributed by atoms with Gasteiger partial charge in [0.15, 0.2) is 0 Å². The van der Waals surface area contributed by atoms with Crippen LogP contribution in [0.4, 0.5) is 8.78 Å². The fourth-order valence-corrected chi connectivity index (χ4v) is 4.93. The molecule has 4 rings (SSSR count). The highest BCUT2D eigenvalue weighted by atomic mass is 19.1. The van der Waals surface area contributed by atoms with Gasteiger partial charge < -0.3 is 11.1 Å². The molecule has 0 spiro atoms. The summed E-state index contributed by atoms with van der Waals surface area (Å²) in [6.07, 6.45) is 0.00256. The molecule has 192 valence electrons. The Bertz CT molecular complexity index is 1250. The lowest BCUT2D eigenvalue weighted by atomic mass is 9.81. The number of nitrogens with two attached hydrogens (primary N) is 1. The summed E-state index contributed by atoms with van der Waals surface area (Å²) in [6.45, 7) is 1.76. The van der Waals surface area contributed by atoms with E-state index in [1.165, 1.54) is 6.92 Å². The first-order chi connectivity index (χ1) is 17.7. The maximum atomic E-state index is 13.8. The molecular formula is C29H29F2N3O3. The van der Waals surface area contributed by atoms with Crippen molar-refractivity contribution in [2.45, 2.75) is 43.7 Å². The van der Waals surface area contributed by atoms with E-state index >= 15 is 0 Å². The number of hydrogen-bond acceptors (Lipinski definition) is 4. The quantitative estimate of drug-likeness (QED) is 0.535. The predicted molar refractivity (Wildman–Crippen MR) is 135 cm³/mol. The molecule has 1 aliphatic heterocycles. The van der Waals surface area contributed by atoms with Crippen LogP contribution in [0.25, 0.3) is 0 Å². The van der Waals surface area contributed by atoms with Gasteiger partial charge in [0.25, 0.3) is 0 Å². The van der Waals surface area contributed by atoms with Gasteiger partial charge in [0, 0.05) is 24.4 Å². The lowest BCUT2D eigenvalue weighted by Gasteiger charge is -2.35. The summed E-state index contributed by atoms with van der Waals surface area (Å²) < 4.78 is 27.6. The number of carbonyl (C=O) groups excluding carboxylic acids is 3. The van der Waals surface area contributed by atoms with Crippen LogP contribution in [-0.2, 0) is 20.8 Å². The fourth-order valence-electron chi connectivity index (χ4n) is 4.93. The SMILES string of the molecule is C[C@H](N)C(=O)N(C(=O)Cc1cc(F)cc(F)c1)[C@@H]1C(=O)NC[C@H](c2ccccc2)C[C@H]1c1ccccc1. The van der Waals surface area contributed by atoms with E-state index in [0.717, 1.165) is 28.2 Å². The standard InChI is InChI=1S/C29H29F2N3O3/c1-18(32)29(37)34(26(35)14-19-12-23(30)16-24(31)13-19)27-25(21-10-6-3-7-11-21)15-22(17-33-28(27)36)20-8-4-2-5-9-20/h2-13,16,18,22,25,27H,14-15,17,32H2,1H3,(H,33,36)/t18-,22+,25-,27-/m0/s1. The van der Waals surface area contributed by atoms with Crippen LogP contribution in [-0.4, -0.2) is 41.2 Å². The molecule has 0 aromatic heterocycles. The highest BCUT2D eigenvalue weighted by Gasteiger charge is 2.44. The molecule has 1 aliphatic rings. The molecule has 0 unspecified atom stereocenters. The van der Waals surface area contributed by atoms with E-state index in [1.54, 1.807) is 0 Å². The molecule has 6 nitrogen and oxygen atoms in total. The molecule has 3 amide bonds. The summed E-state index contributed by atoms with van der Waals surface area (Å²) in [6, 6.07) is 19.4.